The van der Waals surface area contributed by atoms with E-state index in [1.54, 1.807) is 40.0 Å². The summed E-state index contributed by atoms with van der Waals surface area (Å²) in [6, 6.07) is 12.9. The van der Waals surface area contributed by atoms with Crippen LogP contribution in [0.25, 0.3) is 0 Å². The van der Waals surface area contributed by atoms with Crippen molar-refractivity contribution in [3.63, 3.8) is 0 Å². The summed E-state index contributed by atoms with van der Waals surface area (Å²) < 4.78 is 34.3. The van der Waals surface area contributed by atoms with Crippen molar-refractivity contribution in [3.8, 4) is 23.0 Å². The molecular formula is C33H39NO8. The summed E-state index contributed by atoms with van der Waals surface area (Å²) in [5.41, 5.74) is 3.90. The average Bonchev–Trinajstić information content (AvgIpc) is 2.99. The van der Waals surface area contributed by atoms with Crippen molar-refractivity contribution >= 4 is 11.9 Å². The predicted octanol–water partition coefficient (Wildman–Crippen LogP) is 5.22. The van der Waals surface area contributed by atoms with E-state index in [0.29, 0.717) is 77.0 Å². The van der Waals surface area contributed by atoms with Crippen LogP contribution in [0.5, 0.6) is 23.0 Å². The number of hydrogen-bond acceptors (Lipinski definition) is 9. The summed E-state index contributed by atoms with van der Waals surface area (Å²) in [6.45, 7) is 11.2. The van der Waals surface area contributed by atoms with Crippen LogP contribution in [0, 0.1) is 27.7 Å². The molecule has 0 saturated carbocycles. The first-order valence-electron chi connectivity index (χ1n) is 14.0. The summed E-state index contributed by atoms with van der Waals surface area (Å²) in [7, 11) is 3.07. The van der Waals surface area contributed by atoms with Gasteiger partial charge in [0.05, 0.1) is 27.4 Å². The average molecular weight is 578 g/mol. The number of hydrogen-bond donors (Lipinski definition) is 0. The Hall–Kier alpha value is -4.08. The van der Waals surface area contributed by atoms with E-state index in [4.69, 9.17) is 28.4 Å². The third-order valence-corrected chi connectivity index (χ3v) is 7.36. The van der Waals surface area contributed by atoms with Crippen molar-refractivity contribution in [1.82, 2.24) is 4.90 Å². The van der Waals surface area contributed by atoms with E-state index in [2.05, 4.69) is 4.90 Å². The van der Waals surface area contributed by atoms with Gasteiger partial charge in [0, 0.05) is 30.8 Å². The first-order valence-corrected chi connectivity index (χ1v) is 14.0. The molecule has 0 bridgehead atoms. The molecule has 0 aliphatic carbocycles. The van der Waals surface area contributed by atoms with Crippen molar-refractivity contribution in [1.29, 1.82) is 0 Å². The molecule has 1 aliphatic heterocycles. The predicted molar refractivity (Wildman–Crippen MR) is 158 cm³/mol. The van der Waals surface area contributed by atoms with E-state index in [1.165, 1.54) is 7.11 Å². The fraction of sp³-hybridized carbons (Fsp3) is 0.394. The topological polar surface area (TPSA) is 92.8 Å². The maximum atomic E-state index is 13.5. The molecule has 224 valence electrons. The molecule has 3 aromatic carbocycles. The van der Waals surface area contributed by atoms with Crippen molar-refractivity contribution in [3.05, 3.63) is 81.4 Å². The zero-order chi connectivity index (χ0) is 30.2. The van der Waals surface area contributed by atoms with Crippen molar-refractivity contribution in [2.45, 2.75) is 34.3 Å². The van der Waals surface area contributed by atoms with Crippen molar-refractivity contribution < 1.29 is 38.0 Å². The first-order chi connectivity index (χ1) is 20.2. The summed E-state index contributed by atoms with van der Waals surface area (Å²) in [5.74, 6) is 0.516. The molecule has 0 atom stereocenters. The molecule has 4 rings (SSSR count). The van der Waals surface area contributed by atoms with Crippen LogP contribution in [0.2, 0.25) is 0 Å². The monoisotopic (exact) mass is 577 g/mol. The third-order valence-electron chi connectivity index (χ3n) is 7.36. The number of aryl methyl sites for hydroxylation is 2. The lowest BCUT2D eigenvalue weighted by molar-refractivity contribution is 0.0319. The van der Waals surface area contributed by atoms with Gasteiger partial charge in [-0.1, -0.05) is 30.3 Å². The lowest BCUT2D eigenvalue weighted by Gasteiger charge is -2.27. The van der Waals surface area contributed by atoms with E-state index >= 15 is 0 Å². The molecule has 1 fully saturated rings. The second-order valence-electron chi connectivity index (χ2n) is 10.2. The number of rotatable bonds is 11. The minimum atomic E-state index is -0.587. The van der Waals surface area contributed by atoms with Crippen LogP contribution >= 0.6 is 0 Å². The van der Waals surface area contributed by atoms with Crippen LogP contribution in [0.3, 0.4) is 0 Å². The molecule has 0 radical (unpaired) electrons. The number of ether oxygens (including phenoxy) is 6. The molecule has 9 heteroatoms. The Bertz CT molecular complexity index is 1410. The van der Waals surface area contributed by atoms with Gasteiger partial charge in [-0.3, -0.25) is 4.90 Å². The number of carbonyl (C=O) groups is 2. The van der Waals surface area contributed by atoms with Gasteiger partial charge in [0.25, 0.3) is 0 Å². The number of nitrogens with zero attached hydrogens (tertiary/aromatic N) is 1. The van der Waals surface area contributed by atoms with Crippen LogP contribution in [0.15, 0.2) is 42.5 Å². The lowest BCUT2D eigenvalue weighted by atomic mass is 10.0. The largest absolute Gasteiger partial charge is 0.496 e. The summed E-state index contributed by atoms with van der Waals surface area (Å²) >= 11 is 0. The molecule has 1 aliphatic rings. The van der Waals surface area contributed by atoms with Crippen molar-refractivity contribution in [2.24, 2.45) is 0 Å². The van der Waals surface area contributed by atoms with Gasteiger partial charge in [0.2, 0.25) is 0 Å². The number of benzene rings is 3. The highest BCUT2D eigenvalue weighted by Crippen LogP contribution is 2.38. The molecule has 0 N–H and O–H groups in total. The van der Waals surface area contributed by atoms with E-state index < -0.39 is 11.9 Å². The number of methoxy groups -OCH3 is 2. The van der Waals surface area contributed by atoms with Gasteiger partial charge >= 0.3 is 11.9 Å². The highest BCUT2D eigenvalue weighted by Gasteiger charge is 2.27. The van der Waals surface area contributed by atoms with E-state index in [0.717, 1.165) is 18.7 Å². The highest BCUT2D eigenvalue weighted by atomic mass is 16.5. The summed E-state index contributed by atoms with van der Waals surface area (Å²) in [6.07, 6.45) is 0. The molecule has 0 amide bonds. The standard InChI is InChI=1S/C33H39NO8/c1-21-18-26(37-5)23(3)30(38-6)28(21)33(36)42-27-19-22(2)29(32(35)41-20-25-10-8-7-9-11-25)31(24(27)4)40-17-14-34-12-15-39-16-13-34/h7-11,18-19H,12-17,20H2,1-6H3. The third kappa shape index (κ3) is 7.03. The molecule has 0 unspecified atom stereocenters. The van der Waals surface area contributed by atoms with E-state index in [9.17, 15) is 9.59 Å². The fourth-order valence-electron chi connectivity index (χ4n) is 5.02. The number of carbonyl (C=O) groups excluding carboxylic acids is 2. The molecular weight excluding hydrogens is 538 g/mol. The molecule has 0 aromatic heterocycles. The van der Waals surface area contributed by atoms with Crippen LogP contribution in [0.1, 0.15) is 48.5 Å². The summed E-state index contributed by atoms with van der Waals surface area (Å²) in [4.78, 5) is 29.2. The minimum Gasteiger partial charge on any atom is -0.496 e. The second-order valence-corrected chi connectivity index (χ2v) is 10.2. The molecule has 9 nitrogen and oxygen atoms in total. The van der Waals surface area contributed by atoms with Crippen LogP contribution < -0.4 is 18.9 Å². The zero-order valence-electron chi connectivity index (χ0n) is 25.2. The normalized spacial score (nSPS) is 13.4. The zero-order valence-corrected chi connectivity index (χ0v) is 25.2. The lowest BCUT2D eigenvalue weighted by Crippen LogP contribution is -2.38. The smallest absolute Gasteiger partial charge is 0.347 e. The Morgan fingerprint density at radius 1 is 0.810 bits per heavy atom. The van der Waals surface area contributed by atoms with Gasteiger partial charge in [-0.05, 0) is 56.5 Å². The number of morpholine rings is 1. The second kappa shape index (κ2) is 14.2. The Morgan fingerprint density at radius 3 is 2.07 bits per heavy atom. The van der Waals surface area contributed by atoms with Gasteiger partial charge in [-0.15, -0.1) is 0 Å². The fourth-order valence-corrected chi connectivity index (χ4v) is 5.02. The van der Waals surface area contributed by atoms with Gasteiger partial charge in [0.15, 0.2) is 0 Å². The van der Waals surface area contributed by atoms with Gasteiger partial charge < -0.3 is 28.4 Å². The van der Waals surface area contributed by atoms with Crippen LogP contribution in [-0.4, -0.2) is 70.5 Å². The van der Waals surface area contributed by atoms with Gasteiger partial charge in [-0.2, -0.15) is 0 Å². The molecule has 1 heterocycles. The van der Waals surface area contributed by atoms with Crippen LogP contribution in [-0.2, 0) is 16.1 Å². The highest BCUT2D eigenvalue weighted by molar-refractivity contribution is 5.98. The Morgan fingerprint density at radius 2 is 1.43 bits per heavy atom. The quantitative estimate of drug-likeness (QED) is 0.225. The maximum Gasteiger partial charge on any atom is 0.347 e. The molecule has 42 heavy (non-hydrogen) atoms. The molecule has 3 aromatic rings. The molecule has 0 spiro atoms. The Labute approximate surface area is 247 Å². The van der Waals surface area contributed by atoms with E-state index in [1.807, 2.05) is 37.3 Å². The van der Waals surface area contributed by atoms with Gasteiger partial charge in [-0.25, -0.2) is 9.59 Å². The minimum absolute atomic E-state index is 0.123. The van der Waals surface area contributed by atoms with Gasteiger partial charge in [0.1, 0.15) is 47.3 Å². The Balaban J connectivity index is 1.65. The number of esters is 2. The van der Waals surface area contributed by atoms with Crippen LogP contribution in [0.4, 0.5) is 0 Å². The Kier molecular flexibility index (Phi) is 10.4. The van der Waals surface area contributed by atoms with E-state index in [-0.39, 0.29) is 12.4 Å². The SMILES string of the molecule is COc1cc(C)c(C(=O)Oc2cc(C)c(C(=O)OCc3ccccc3)c(OCCN3CCOCC3)c2C)c(OC)c1C. The summed E-state index contributed by atoms with van der Waals surface area (Å²) in [5, 5.41) is 0. The maximum absolute atomic E-state index is 13.5. The molecule has 1 saturated heterocycles. The first kappa shape index (κ1) is 30.9. The van der Waals surface area contributed by atoms with Crippen molar-refractivity contribution in [2.75, 3.05) is 53.7 Å².